The zero-order valence-electron chi connectivity index (χ0n) is 13.4. The van der Waals surface area contributed by atoms with Crippen LogP contribution in [0.4, 0.5) is 0 Å². The predicted molar refractivity (Wildman–Crippen MR) is 86.5 cm³/mol. The van der Waals surface area contributed by atoms with Gasteiger partial charge in [-0.15, -0.1) is 0 Å². The first-order valence-corrected chi connectivity index (χ1v) is 8.46. The summed E-state index contributed by atoms with van der Waals surface area (Å²) in [5.41, 5.74) is 1.34. The molecule has 2 heterocycles. The molecule has 3 rings (SSSR count). The minimum atomic E-state index is -0.192. The number of benzene rings is 1. The maximum atomic E-state index is 12.6. The lowest BCUT2D eigenvalue weighted by atomic mass is 10.1. The molecule has 2 saturated heterocycles. The van der Waals surface area contributed by atoms with Gasteiger partial charge in [0, 0.05) is 38.8 Å². The molecule has 120 valence electrons. The molecule has 22 heavy (non-hydrogen) atoms. The normalized spacial score (nSPS) is 25.5. The van der Waals surface area contributed by atoms with Gasteiger partial charge in [-0.1, -0.05) is 30.3 Å². The van der Waals surface area contributed by atoms with Crippen LogP contribution in [0.1, 0.15) is 31.7 Å². The highest BCUT2D eigenvalue weighted by molar-refractivity contribution is 5.81. The first-order valence-electron chi connectivity index (χ1n) is 8.46. The van der Waals surface area contributed by atoms with Gasteiger partial charge in [0.1, 0.15) is 6.10 Å². The minimum Gasteiger partial charge on any atom is -0.368 e. The molecule has 1 unspecified atom stereocenters. The van der Waals surface area contributed by atoms with E-state index in [9.17, 15) is 4.79 Å². The van der Waals surface area contributed by atoms with Gasteiger partial charge in [0.05, 0.1) is 0 Å². The minimum absolute atomic E-state index is 0.192. The number of likely N-dealkylation sites (N-methyl/N-ethyl adjacent to an activating group) is 1. The van der Waals surface area contributed by atoms with Crippen LogP contribution in [0.2, 0.25) is 0 Å². The Morgan fingerprint density at radius 2 is 2.14 bits per heavy atom. The molecule has 0 aromatic heterocycles. The first kappa shape index (κ1) is 15.5. The lowest BCUT2D eigenvalue weighted by molar-refractivity contribution is -0.142. The molecule has 0 saturated carbocycles. The Kier molecular flexibility index (Phi) is 5.11. The monoisotopic (exact) mass is 302 g/mol. The third kappa shape index (κ3) is 3.50. The third-order valence-electron chi connectivity index (χ3n) is 4.77. The summed E-state index contributed by atoms with van der Waals surface area (Å²) < 4.78 is 5.57. The second-order valence-corrected chi connectivity index (χ2v) is 6.29. The van der Waals surface area contributed by atoms with Crippen molar-refractivity contribution in [2.75, 3.05) is 26.2 Å². The number of amides is 1. The molecule has 2 fully saturated rings. The molecule has 1 amide bonds. The highest BCUT2D eigenvalue weighted by atomic mass is 16.5. The first-order chi connectivity index (χ1) is 10.8. The Morgan fingerprint density at radius 1 is 1.32 bits per heavy atom. The average Bonchev–Trinajstić information content (AvgIpc) is 3.21. The van der Waals surface area contributed by atoms with Crippen LogP contribution < -0.4 is 0 Å². The van der Waals surface area contributed by atoms with E-state index in [1.807, 2.05) is 4.90 Å². The third-order valence-corrected chi connectivity index (χ3v) is 4.77. The van der Waals surface area contributed by atoms with Crippen LogP contribution >= 0.6 is 0 Å². The number of likely N-dealkylation sites (tertiary alicyclic amines) is 1. The van der Waals surface area contributed by atoms with Crippen molar-refractivity contribution in [2.45, 2.75) is 44.9 Å². The van der Waals surface area contributed by atoms with Crippen LogP contribution in [-0.2, 0) is 16.1 Å². The van der Waals surface area contributed by atoms with Gasteiger partial charge in [-0.3, -0.25) is 9.69 Å². The molecular formula is C18H26N2O2. The number of ether oxygens (including phenoxy) is 1. The standard InChI is InChI=1S/C18H26N2O2/c1-2-20(18(21)17-9-6-12-22-17)16-10-11-19(14-16)13-15-7-4-3-5-8-15/h3-5,7-8,16-17H,2,6,9-14H2,1H3/t16?,17-/m0/s1. The van der Waals surface area contributed by atoms with Crippen molar-refractivity contribution >= 4 is 5.91 Å². The molecule has 0 N–H and O–H groups in total. The number of carbonyl (C=O) groups excluding carboxylic acids is 1. The van der Waals surface area contributed by atoms with Crippen molar-refractivity contribution in [1.29, 1.82) is 0 Å². The molecule has 0 radical (unpaired) electrons. The lowest BCUT2D eigenvalue weighted by Gasteiger charge is -2.30. The summed E-state index contributed by atoms with van der Waals surface area (Å²) in [5.74, 6) is 0.201. The Labute approximate surface area is 133 Å². The fourth-order valence-electron chi connectivity index (χ4n) is 3.60. The van der Waals surface area contributed by atoms with Crippen LogP contribution in [0.3, 0.4) is 0 Å². The van der Waals surface area contributed by atoms with E-state index in [4.69, 9.17) is 4.74 Å². The fraction of sp³-hybridized carbons (Fsp3) is 0.611. The summed E-state index contributed by atoms with van der Waals surface area (Å²) >= 11 is 0. The smallest absolute Gasteiger partial charge is 0.251 e. The molecule has 1 aromatic rings. The molecule has 4 heteroatoms. The van der Waals surface area contributed by atoms with Gasteiger partial charge < -0.3 is 9.64 Å². The van der Waals surface area contributed by atoms with Gasteiger partial charge in [-0.05, 0) is 31.7 Å². The summed E-state index contributed by atoms with van der Waals surface area (Å²) in [4.78, 5) is 17.1. The van der Waals surface area contributed by atoms with E-state index in [0.717, 1.165) is 52.0 Å². The van der Waals surface area contributed by atoms with Crippen molar-refractivity contribution in [3.05, 3.63) is 35.9 Å². The second kappa shape index (κ2) is 7.25. The number of rotatable bonds is 5. The van der Waals surface area contributed by atoms with E-state index in [1.54, 1.807) is 0 Å². The summed E-state index contributed by atoms with van der Waals surface area (Å²) in [6.07, 6.45) is 2.77. The number of nitrogens with zero attached hydrogens (tertiary/aromatic N) is 2. The molecule has 2 atom stereocenters. The van der Waals surface area contributed by atoms with Gasteiger partial charge in [-0.25, -0.2) is 0 Å². The molecule has 2 aliphatic rings. The van der Waals surface area contributed by atoms with E-state index in [0.29, 0.717) is 6.04 Å². The van der Waals surface area contributed by atoms with Gasteiger partial charge in [0.25, 0.3) is 5.91 Å². The Hall–Kier alpha value is -1.39. The Morgan fingerprint density at radius 3 is 2.82 bits per heavy atom. The van der Waals surface area contributed by atoms with E-state index < -0.39 is 0 Å². The molecule has 0 bridgehead atoms. The topological polar surface area (TPSA) is 32.8 Å². The summed E-state index contributed by atoms with van der Waals surface area (Å²) in [5, 5.41) is 0. The van der Waals surface area contributed by atoms with Gasteiger partial charge in [-0.2, -0.15) is 0 Å². The maximum Gasteiger partial charge on any atom is 0.251 e. The van der Waals surface area contributed by atoms with Gasteiger partial charge in [0.15, 0.2) is 0 Å². The maximum absolute atomic E-state index is 12.6. The van der Waals surface area contributed by atoms with Gasteiger partial charge >= 0.3 is 0 Å². The molecule has 2 aliphatic heterocycles. The summed E-state index contributed by atoms with van der Waals surface area (Å²) in [7, 11) is 0. The Balaban J connectivity index is 1.57. The van der Waals surface area contributed by atoms with E-state index in [2.05, 4.69) is 42.2 Å². The van der Waals surface area contributed by atoms with Crippen molar-refractivity contribution < 1.29 is 9.53 Å². The number of carbonyl (C=O) groups is 1. The van der Waals surface area contributed by atoms with E-state index in [-0.39, 0.29) is 12.0 Å². The zero-order valence-corrected chi connectivity index (χ0v) is 13.4. The van der Waals surface area contributed by atoms with Gasteiger partial charge in [0.2, 0.25) is 0 Å². The second-order valence-electron chi connectivity index (χ2n) is 6.29. The van der Waals surface area contributed by atoms with Crippen molar-refractivity contribution in [1.82, 2.24) is 9.80 Å². The highest BCUT2D eigenvalue weighted by Gasteiger charge is 2.34. The zero-order chi connectivity index (χ0) is 15.4. The number of hydrogen-bond acceptors (Lipinski definition) is 3. The predicted octanol–water partition coefficient (Wildman–Crippen LogP) is 2.29. The lowest BCUT2D eigenvalue weighted by Crippen LogP contribution is -2.46. The SMILES string of the molecule is CCN(C(=O)[C@@H]1CCCO1)C1CCN(Cc2ccccc2)C1. The summed E-state index contributed by atoms with van der Waals surface area (Å²) in [6.45, 7) is 6.60. The molecule has 4 nitrogen and oxygen atoms in total. The van der Waals surface area contributed by atoms with Crippen LogP contribution in [-0.4, -0.2) is 54.1 Å². The molecule has 1 aromatic carbocycles. The quantitative estimate of drug-likeness (QED) is 0.836. The van der Waals surface area contributed by atoms with Crippen molar-refractivity contribution in [3.63, 3.8) is 0 Å². The van der Waals surface area contributed by atoms with Crippen LogP contribution in [0, 0.1) is 0 Å². The highest BCUT2D eigenvalue weighted by Crippen LogP contribution is 2.22. The van der Waals surface area contributed by atoms with Crippen molar-refractivity contribution in [3.8, 4) is 0 Å². The largest absolute Gasteiger partial charge is 0.368 e. The van der Waals surface area contributed by atoms with E-state index in [1.165, 1.54) is 5.56 Å². The summed E-state index contributed by atoms with van der Waals surface area (Å²) in [6, 6.07) is 10.9. The van der Waals surface area contributed by atoms with Crippen molar-refractivity contribution in [2.24, 2.45) is 0 Å². The fourth-order valence-corrected chi connectivity index (χ4v) is 3.60. The molecule has 0 aliphatic carbocycles. The van der Waals surface area contributed by atoms with Crippen LogP contribution in [0.5, 0.6) is 0 Å². The van der Waals surface area contributed by atoms with Crippen LogP contribution in [0.15, 0.2) is 30.3 Å². The molecule has 0 spiro atoms. The average molecular weight is 302 g/mol. The van der Waals surface area contributed by atoms with Crippen LogP contribution in [0.25, 0.3) is 0 Å². The number of hydrogen-bond donors (Lipinski definition) is 0. The van der Waals surface area contributed by atoms with E-state index >= 15 is 0 Å². The molecular weight excluding hydrogens is 276 g/mol. The Bertz CT molecular complexity index is 485.